The van der Waals surface area contributed by atoms with Crippen molar-refractivity contribution >= 4 is 23.2 Å². The molecular formula is C37H52P+. The van der Waals surface area contributed by atoms with Crippen molar-refractivity contribution in [3.8, 4) is 0 Å². The van der Waals surface area contributed by atoms with E-state index in [1.165, 1.54) is 106 Å². The topological polar surface area (TPSA) is 0 Å². The van der Waals surface area contributed by atoms with Crippen LogP contribution in [-0.2, 0) is 0 Å². The lowest BCUT2D eigenvalue weighted by molar-refractivity contribution is 0.545. The number of hydrogen-bond acceptors (Lipinski definition) is 0. The molecule has 0 atom stereocenters. The molecule has 0 aliphatic carbocycles. The van der Waals surface area contributed by atoms with E-state index in [1.54, 1.807) is 0 Å². The molecule has 0 nitrogen and oxygen atoms in total. The van der Waals surface area contributed by atoms with E-state index < -0.39 is 7.26 Å². The summed E-state index contributed by atoms with van der Waals surface area (Å²) in [5.41, 5.74) is 0. The van der Waals surface area contributed by atoms with Gasteiger partial charge in [0.1, 0.15) is 23.2 Å². The van der Waals surface area contributed by atoms with Crippen LogP contribution < -0.4 is 15.9 Å². The Balaban J connectivity index is 1.39. The first-order valence-corrected chi connectivity index (χ1v) is 17.4. The summed E-state index contributed by atoms with van der Waals surface area (Å²) in [6.45, 7) is 4.51. The van der Waals surface area contributed by atoms with Crippen LogP contribution in [0.3, 0.4) is 0 Å². The molecule has 3 rings (SSSR count). The quantitative estimate of drug-likeness (QED) is 0.0826. The zero-order valence-corrected chi connectivity index (χ0v) is 25.1. The van der Waals surface area contributed by atoms with Gasteiger partial charge in [-0.3, -0.25) is 0 Å². The lowest BCUT2D eigenvalue weighted by Crippen LogP contribution is -2.33. The fraction of sp³-hybridized carbons (Fsp3) is 0.459. The molecule has 0 saturated heterocycles. The Morgan fingerprint density at radius 2 is 0.816 bits per heavy atom. The molecule has 0 amide bonds. The van der Waals surface area contributed by atoms with Gasteiger partial charge in [0.25, 0.3) is 0 Å². The van der Waals surface area contributed by atoms with Crippen molar-refractivity contribution in [3.63, 3.8) is 0 Å². The minimum atomic E-state index is -1.65. The second kappa shape index (κ2) is 18.2. The Morgan fingerprint density at radius 3 is 1.18 bits per heavy atom. The van der Waals surface area contributed by atoms with Crippen LogP contribution in [-0.4, -0.2) is 6.16 Å². The van der Waals surface area contributed by atoms with Crippen molar-refractivity contribution in [1.29, 1.82) is 0 Å². The van der Waals surface area contributed by atoms with Crippen molar-refractivity contribution < 1.29 is 0 Å². The minimum absolute atomic E-state index is 0.697. The van der Waals surface area contributed by atoms with E-state index in [0.29, 0.717) is 5.92 Å². The normalized spacial score (nSPS) is 12.0. The SMILES string of the molecule is CC(C)/C=C/CCCCCCCCCCCCCC[P+](c1ccccc1)(c1ccccc1)c1ccccc1. The number of rotatable bonds is 19. The molecular weight excluding hydrogens is 475 g/mol. The monoisotopic (exact) mass is 527 g/mol. The summed E-state index contributed by atoms with van der Waals surface area (Å²) in [7, 11) is -1.65. The molecule has 0 spiro atoms. The van der Waals surface area contributed by atoms with E-state index in [0.717, 1.165) is 0 Å². The first-order valence-electron chi connectivity index (χ1n) is 15.4. The Kier molecular flexibility index (Phi) is 14.5. The summed E-state index contributed by atoms with van der Waals surface area (Å²) in [4.78, 5) is 0. The molecule has 3 aromatic carbocycles. The van der Waals surface area contributed by atoms with Crippen molar-refractivity contribution in [3.05, 3.63) is 103 Å². The van der Waals surface area contributed by atoms with Gasteiger partial charge in [0.05, 0.1) is 6.16 Å². The van der Waals surface area contributed by atoms with Gasteiger partial charge in [-0.25, -0.2) is 0 Å². The van der Waals surface area contributed by atoms with Crippen molar-refractivity contribution in [1.82, 2.24) is 0 Å². The number of unbranched alkanes of at least 4 members (excludes halogenated alkanes) is 12. The molecule has 0 heterocycles. The molecule has 0 aliphatic rings. The van der Waals surface area contributed by atoms with Gasteiger partial charge in [-0.1, -0.05) is 138 Å². The minimum Gasteiger partial charge on any atom is -0.0883 e. The highest BCUT2D eigenvalue weighted by atomic mass is 31.2. The smallest absolute Gasteiger partial charge is 0.0883 e. The van der Waals surface area contributed by atoms with Crippen LogP contribution in [0.25, 0.3) is 0 Å². The number of allylic oxidation sites excluding steroid dienone is 2. The van der Waals surface area contributed by atoms with Crippen LogP contribution in [0, 0.1) is 5.92 Å². The molecule has 0 radical (unpaired) electrons. The van der Waals surface area contributed by atoms with Gasteiger partial charge >= 0.3 is 0 Å². The van der Waals surface area contributed by atoms with Crippen LogP contribution in [0.5, 0.6) is 0 Å². The van der Waals surface area contributed by atoms with Gasteiger partial charge in [0, 0.05) is 0 Å². The summed E-state index contributed by atoms with van der Waals surface area (Å²) in [5, 5.41) is 4.55. The maximum absolute atomic E-state index is 2.37. The predicted octanol–water partition coefficient (Wildman–Crippen LogP) is 10.3. The highest BCUT2D eigenvalue weighted by Crippen LogP contribution is 2.56. The van der Waals surface area contributed by atoms with Gasteiger partial charge in [-0.05, 0) is 68.0 Å². The van der Waals surface area contributed by atoms with Crippen LogP contribution >= 0.6 is 7.26 Å². The second-order valence-electron chi connectivity index (χ2n) is 11.2. The van der Waals surface area contributed by atoms with Crippen molar-refractivity contribution in [2.75, 3.05) is 6.16 Å². The van der Waals surface area contributed by atoms with E-state index in [4.69, 9.17) is 0 Å². The van der Waals surface area contributed by atoms with Gasteiger partial charge in [-0.2, -0.15) is 0 Å². The standard InChI is InChI=1S/C37H52P/c1-34(2)26-18-13-11-9-7-5-3-4-6-8-10-12-14-25-33-38(35-27-19-15-20-28-35,36-29-21-16-22-30-36)37-31-23-17-24-32-37/h15-24,26-32,34H,3-14,25,33H2,1-2H3/q+1/b26-18+. The predicted molar refractivity (Wildman–Crippen MR) is 174 cm³/mol. The maximum Gasteiger partial charge on any atom is 0.112 e. The van der Waals surface area contributed by atoms with Gasteiger partial charge in [-0.15, -0.1) is 0 Å². The molecule has 3 aromatic rings. The largest absolute Gasteiger partial charge is 0.112 e. The second-order valence-corrected chi connectivity index (χ2v) is 14.9. The molecule has 0 unspecified atom stereocenters. The Bertz CT molecular complexity index is 894. The number of benzene rings is 3. The molecule has 204 valence electrons. The summed E-state index contributed by atoms with van der Waals surface area (Å²) in [5.74, 6) is 0.697. The van der Waals surface area contributed by atoms with Crippen LogP contribution in [0.4, 0.5) is 0 Å². The Labute approximate surface area is 235 Å². The van der Waals surface area contributed by atoms with E-state index in [2.05, 4.69) is 117 Å². The van der Waals surface area contributed by atoms with Crippen LogP contribution in [0.1, 0.15) is 97.3 Å². The summed E-state index contributed by atoms with van der Waals surface area (Å²) >= 11 is 0. The molecule has 38 heavy (non-hydrogen) atoms. The highest BCUT2D eigenvalue weighted by molar-refractivity contribution is 7.95. The zero-order valence-electron chi connectivity index (χ0n) is 24.2. The van der Waals surface area contributed by atoms with E-state index in [9.17, 15) is 0 Å². The van der Waals surface area contributed by atoms with Gasteiger partial charge < -0.3 is 0 Å². The summed E-state index contributed by atoms with van der Waals surface area (Å²) < 4.78 is 0. The molecule has 0 fully saturated rings. The van der Waals surface area contributed by atoms with Crippen molar-refractivity contribution in [2.24, 2.45) is 5.92 Å². The van der Waals surface area contributed by atoms with Gasteiger partial charge in [0.2, 0.25) is 0 Å². The lowest BCUT2D eigenvalue weighted by Gasteiger charge is -2.27. The average Bonchev–Trinajstić information content (AvgIpc) is 2.96. The number of hydrogen-bond donors (Lipinski definition) is 0. The zero-order chi connectivity index (χ0) is 26.7. The van der Waals surface area contributed by atoms with Crippen LogP contribution in [0.15, 0.2) is 103 Å². The third-order valence-electron chi connectivity index (χ3n) is 7.73. The maximum atomic E-state index is 2.37. The third-order valence-corrected chi connectivity index (χ3v) is 12.3. The van der Waals surface area contributed by atoms with Crippen molar-refractivity contribution in [2.45, 2.75) is 97.3 Å². The summed E-state index contributed by atoms with van der Waals surface area (Å²) in [6.07, 6.45) is 24.0. The highest BCUT2D eigenvalue weighted by Gasteiger charge is 2.44. The van der Waals surface area contributed by atoms with E-state index >= 15 is 0 Å². The van der Waals surface area contributed by atoms with E-state index in [-0.39, 0.29) is 0 Å². The van der Waals surface area contributed by atoms with Crippen LogP contribution in [0.2, 0.25) is 0 Å². The fourth-order valence-electron chi connectivity index (χ4n) is 5.63. The molecule has 0 N–H and O–H groups in total. The third kappa shape index (κ3) is 10.2. The van der Waals surface area contributed by atoms with E-state index in [1.807, 2.05) is 0 Å². The lowest BCUT2D eigenvalue weighted by atomic mass is 10.0. The van der Waals surface area contributed by atoms with Gasteiger partial charge in [0.15, 0.2) is 0 Å². The average molecular weight is 528 g/mol. The molecule has 0 aliphatic heterocycles. The fourth-order valence-corrected chi connectivity index (χ4v) is 10.0. The first-order chi connectivity index (χ1) is 18.7. The first kappa shape index (κ1) is 30.4. The molecule has 1 heteroatoms. The Hall–Kier alpha value is -2.17. The summed E-state index contributed by atoms with van der Waals surface area (Å²) in [6, 6.07) is 34.0. The Morgan fingerprint density at radius 1 is 0.474 bits per heavy atom. The molecule has 0 aromatic heterocycles. The molecule has 0 bridgehead atoms. The molecule has 0 saturated carbocycles.